The van der Waals surface area contributed by atoms with E-state index in [0.29, 0.717) is 11.5 Å². The third kappa shape index (κ3) is 3.92. The average Bonchev–Trinajstić information content (AvgIpc) is 3.47. The number of nitrogens with zero attached hydrogens (tertiary/aromatic N) is 4. The molecule has 0 bridgehead atoms. The van der Waals surface area contributed by atoms with Crippen LogP contribution in [-0.2, 0) is 0 Å². The number of amides is 2. The van der Waals surface area contributed by atoms with Gasteiger partial charge in [0.15, 0.2) is 0 Å². The number of hydrogen-bond donors (Lipinski definition) is 2. The molecule has 1 aromatic carbocycles. The minimum absolute atomic E-state index is 0.103. The molecule has 3 heterocycles. The number of primary amides is 1. The Morgan fingerprint density at radius 3 is 2.41 bits per heavy atom. The topological polar surface area (TPSA) is 106 Å². The van der Waals surface area contributed by atoms with Crippen LogP contribution in [0.25, 0.3) is 11.0 Å². The van der Waals surface area contributed by atoms with E-state index >= 15 is 0 Å². The Morgan fingerprint density at radius 2 is 1.72 bits per heavy atom. The highest BCUT2D eigenvalue weighted by Gasteiger charge is 2.28. The Balaban J connectivity index is 1.50. The Kier molecular flexibility index (Phi) is 5.51. The number of nitrogens with two attached hydrogens (primary N) is 1. The Morgan fingerprint density at radius 1 is 1.00 bits per heavy atom. The van der Waals surface area contributed by atoms with Crippen LogP contribution in [0.2, 0.25) is 0 Å². The number of piperidine rings is 1. The number of fused-ring (bicyclic) bond motifs is 1. The molecule has 1 saturated heterocycles. The lowest BCUT2D eigenvalue weighted by Gasteiger charge is -2.28. The molecule has 2 fully saturated rings. The van der Waals surface area contributed by atoms with Crippen molar-refractivity contribution < 1.29 is 9.59 Å². The van der Waals surface area contributed by atoms with Crippen molar-refractivity contribution in [2.24, 2.45) is 5.73 Å². The van der Waals surface area contributed by atoms with Gasteiger partial charge >= 0.3 is 0 Å². The van der Waals surface area contributed by atoms with Crippen molar-refractivity contribution >= 4 is 34.5 Å². The fourth-order valence-corrected chi connectivity index (χ4v) is 4.87. The maximum absolute atomic E-state index is 13.4. The number of nitrogens with one attached hydrogen (secondary N) is 1. The summed E-state index contributed by atoms with van der Waals surface area (Å²) in [7, 11) is 0. The maximum Gasteiger partial charge on any atom is 0.270 e. The van der Waals surface area contributed by atoms with E-state index < -0.39 is 5.91 Å². The van der Waals surface area contributed by atoms with Crippen LogP contribution in [0.1, 0.15) is 71.8 Å². The first-order valence-corrected chi connectivity index (χ1v) is 11.4. The number of carbonyl (C=O) groups excluding carboxylic acids is 2. The second kappa shape index (κ2) is 8.61. The van der Waals surface area contributed by atoms with Crippen molar-refractivity contribution in [2.45, 2.75) is 51.0 Å². The molecule has 2 aliphatic rings. The zero-order valence-corrected chi connectivity index (χ0v) is 18.1. The van der Waals surface area contributed by atoms with Crippen molar-refractivity contribution in [3.05, 3.63) is 47.8 Å². The molecule has 3 N–H and O–H groups in total. The molecule has 3 aromatic rings. The lowest BCUT2D eigenvalue weighted by molar-refractivity contribution is 0.0711. The molecule has 32 heavy (non-hydrogen) atoms. The molecule has 2 aromatic heterocycles. The van der Waals surface area contributed by atoms with Gasteiger partial charge in [0.2, 0.25) is 11.9 Å². The minimum Gasteiger partial charge on any atom is -0.366 e. The van der Waals surface area contributed by atoms with Crippen molar-refractivity contribution in [3.8, 4) is 0 Å². The van der Waals surface area contributed by atoms with E-state index in [0.717, 1.165) is 61.2 Å². The fourth-order valence-electron chi connectivity index (χ4n) is 4.87. The minimum atomic E-state index is -0.463. The smallest absolute Gasteiger partial charge is 0.270 e. The zero-order chi connectivity index (χ0) is 22.1. The van der Waals surface area contributed by atoms with Crippen LogP contribution in [0.5, 0.6) is 0 Å². The molecular weight excluding hydrogens is 404 g/mol. The summed E-state index contributed by atoms with van der Waals surface area (Å²) in [5.41, 5.74) is 8.05. The number of aromatic nitrogens is 3. The van der Waals surface area contributed by atoms with Gasteiger partial charge in [-0.2, -0.15) is 4.98 Å². The van der Waals surface area contributed by atoms with Gasteiger partial charge < -0.3 is 20.5 Å². The normalized spacial score (nSPS) is 17.1. The summed E-state index contributed by atoms with van der Waals surface area (Å²) in [6.45, 7) is 1.65. The van der Waals surface area contributed by atoms with Gasteiger partial charge in [-0.15, -0.1) is 0 Å². The standard InChI is InChI=1S/C24H28N6O2/c25-21(31)16-8-10-18(11-9-16)27-24-26-15-17-14-20(23(32)29-12-4-1-5-13-29)30(22(17)28-24)19-6-2-3-7-19/h8-11,14-15,19H,1-7,12-13H2,(H2,25,31)(H,26,27,28). The number of hydrogen-bond acceptors (Lipinski definition) is 5. The number of carbonyl (C=O) groups is 2. The average molecular weight is 433 g/mol. The summed E-state index contributed by atoms with van der Waals surface area (Å²) >= 11 is 0. The number of likely N-dealkylation sites (tertiary alicyclic amines) is 1. The molecule has 0 atom stereocenters. The van der Waals surface area contributed by atoms with Gasteiger partial charge in [0.1, 0.15) is 11.3 Å². The number of anilines is 2. The first kappa shape index (κ1) is 20.5. The van der Waals surface area contributed by atoms with E-state index in [4.69, 9.17) is 10.7 Å². The lowest BCUT2D eigenvalue weighted by atomic mass is 10.1. The van der Waals surface area contributed by atoms with Crippen LogP contribution < -0.4 is 11.1 Å². The van der Waals surface area contributed by atoms with Gasteiger partial charge in [-0.05, 0) is 62.4 Å². The first-order chi connectivity index (χ1) is 15.6. The quantitative estimate of drug-likeness (QED) is 0.633. The van der Waals surface area contributed by atoms with Gasteiger partial charge in [-0.1, -0.05) is 12.8 Å². The van der Waals surface area contributed by atoms with Crippen molar-refractivity contribution in [3.63, 3.8) is 0 Å². The van der Waals surface area contributed by atoms with E-state index in [-0.39, 0.29) is 11.9 Å². The van der Waals surface area contributed by atoms with Gasteiger partial charge in [-0.25, -0.2) is 4.98 Å². The van der Waals surface area contributed by atoms with Gasteiger partial charge in [0.05, 0.1) is 0 Å². The Bertz CT molecular complexity index is 1140. The summed E-state index contributed by atoms with van der Waals surface area (Å²) in [5, 5.41) is 4.08. The molecule has 1 aliphatic heterocycles. The Labute approximate surface area is 186 Å². The summed E-state index contributed by atoms with van der Waals surface area (Å²) in [6, 6.07) is 9.12. The summed E-state index contributed by atoms with van der Waals surface area (Å²) in [4.78, 5) is 36.0. The number of benzene rings is 1. The van der Waals surface area contributed by atoms with Crippen molar-refractivity contribution in [2.75, 3.05) is 18.4 Å². The number of rotatable bonds is 5. The third-order valence-electron chi connectivity index (χ3n) is 6.55. The largest absolute Gasteiger partial charge is 0.366 e. The predicted molar refractivity (Wildman–Crippen MR) is 123 cm³/mol. The molecule has 2 amide bonds. The predicted octanol–water partition coefficient (Wildman–Crippen LogP) is 4.02. The summed E-state index contributed by atoms with van der Waals surface area (Å²) in [5.74, 6) is 0.0966. The molecule has 0 spiro atoms. The van der Waals surface area contributed by atoms with Gasteiger partial charge in [0.25, 0.3) is 5.91 Å². The summed E-state index contributed by atoms with van der Waals surface area (Å²) < 4.78 is 2.16. The lowest BCUT2D eigenvalue weighted by Crippen LogP contribution is -2.37. The SMILES string of the molecule is NC(=O)c1ccc(Nc2ncc3cc(C(=O)N4CCCCC4)n(C4CCCC4)c3n2)cc1. The van der Waals surface area contributed by atoms with Gasteiger partial charge in [-0.3, -0.25) is 9.59 Å². The highest BCUT2D eigenvalue weighted by molar-refractivity contribution is 5.98. The maximum atomic E-state index is 13.4. The monoisotopic (exact) mass is 432 g/mol. The molecule has 5 rings (SSSR count). The molecule has 8 heteroatoms. The summed E-state index contributed by atoms with van der Waals surface area (Å²) in [6.07, 6.45) is 9.57. The van der Waals surface area contributed by atoms with Crippen molar-refractivity contribution in [1.29, 1.82) is 0 Å². The highest BCUT2D eigenvalue weighted by Crippen LogP contribution is 2.35. The highest BCUT2D eigenvalue weighted by atomic mass is 16.2. The second-order valence-corrected chi connectivity index (χ2v) is 8.73. The van der Waals surface area contributed by atoms with E-state index in [2.05, 4.69) is 14.9 Å². The molecule has 8 nitrogen and oxygen atoms in total. The fraction of sp³-hybridized carbons (Fsp3) is 0.417. The van der Waals surface area contributed by atoms with Crippen LogP contribution in [0, 0.1) is 0 Å². The van der Waals surface area contributed by atoms with Crippen LogP contribution in [0.4, 0.5) is 11.6 Å². The Hall–Kier alpha value is -3.42. The second-order valence-electron chi connectivity index (χ2n) is 8.73. The van der Waals surface area contributed by atoms with Gasteiger partial charge in [0, 0.05) is 42.0 Å². The van der Waals surface area contributed by atoms with Crippen molar-refractivity contribution in [1.82, 2.24) is 19.4 Å². The van der Waals surface area contributed by atoms with Crippen LogP contribution in [0.15, 0.2) is 36.5 Å². The van der Waals surface area contributed by atoms with E-state index in [1.807, 2.05) is 11.0 Å². The first-order valence-electron chi connectivity index (χ1n) is 11.4. The molecule has 166 valence electrons. The molecule has 1 saturated carbocycles. The van der Waals surface area contributed by atoms with E-state index in [9.17, 15) is 9.59 Å². The zero-order valence-electron chi connectivity index (χ0n) is 18.1. The van der Waals surface area contributed by atoms with E-state index in [1.165, 1.54) is 19.3 Å². The molecule has 0 unspecified atom stereocenters. The van der Waals surface area contributed by atoms with Crippen LogP contribution in [0.3, 0.4) is 0 Å². The van der Waals surface area contributed by atoms with E-state index in [1.54, 1.807) is 30.5 Å². The molecule has 0 radical (unpaired) electrons. The van der Waals surface area contributed by atoms with Crippen LogP contribution in [-0.4, -0.2) is 44.3 Å². The molecular formula is C24H28N6O2. The van der Waals surface area contributed by atoms with Crippen LogP contribution >= 0.6 is 0 Å². The third-order valence-corrected chi connectivity index (χ3v) is 6.55. The molecule has 1 aliphatic carbocycles.